The fraction of sp³-hybridized carbons (Fsp3) is 0.381. The minimum absolute atomic E-state index is 0.00457. The third kappa shape index (κ3) is 4.21. The van der Waals surface area contributed by atoms with Gasteiger partial charge in [-0.1, -0.05) is 12.1 Å². The zero-order valence-electron chi connectivity index (χ0n) is 15.4. The van der Waals surface area contributed by atoms with E-state index in [0.717, 1.165) is 27.8 Å². The van der Waals surface area contributed by atoms with Gasteiger partial charge in [0.05, 0.1) is 11.1 Å². The number of rotatable bonds is 5. The van der Waals surface area contributed by atoms with E-state index in [9.17, 15) is 4.79 Å². The Hall–Kier alpha value is -2.01. The van der Waals surface area contributed by atoms with Crippen molar-refractivity contribution in [1.29, 1.82) is 0 Å². The van der Waals surface area contributed by atoms with Crippen LogP contribution in [0, 0.1) is 6.92 Å². The lowest BCUT2D eigenvalue weighted by atomic mass is 9.99. The Morgan fingerprint density at radius 2 is 2.04 bits per heavy atom. The van der Waals surface area contributed by atoms with Crippen LogP contribution in [-0.2, 0) is 17.8 Å². The van der Waals surface area contributed by atoms with Gasteiger partial charge in [0.25, 0.3) is 5.91 Å². The van der Waals surface area contributed by atoms with Crippen LogP contribution in [0.25, 0.3) is 0 Å². The third-order valence-electron chi connectivity index (χ3n) is 4.55. The highest BCUT2D eigenvalue weighted by molar-refractivity contribution is 9.10. The summed E-state index contributed by atoms with van der Waals surface area (Å²) in [6.45, 7) is 7.74. The summed E-state index contributed by atoms with van der Waals surface area (Å²) < 4.78 is 12.3. The summed E-state index contributed by atoms with van der Waals surface area (Å²) in [5.41, 5.74) is 3.58. The topological polar surface area (TPSA) is 38.8 Å². The van der Waals surface area contributed by atoms with E-state index in [2.05, 4.69) is 22.0 Å². The highest BCUT2D eigenvalue weighted by Crippen LogP contribution is 2.28. The summed E-state index contributed by atoms with van der Waals surface area (Å²) in [6.07, 6.45) is 0.319. The van der Waals surface area contributed by atoms with Crippen molar-refractivity contribution in [3.63, 3.8) is 0 Å². The van der Waals surface area contributed by atoms with Crippen molar-refractivity contribution in [2.24, 2.45) is 0 Å². The van der Waals surface area contributed by atoms with Crippen LogP contribution in [0.5, 0.6) is 11.5 Å². The van der Waals surface area contributed by atoms with Gasteiger partial charge in [0.2, 0.25) is 0 Å². The third-order valence-corrected chi connectivity index (χ3v) is 5.17. The van der Waals surface area contributed by atoms with Gasteiger partial charge in [0.15, 0.2) is 6.10 Å². The molecule has 2 aromatic rings. The standard InChI is InChI=1S/C21H24BrNO3/c1-4-25-18-7-6-16-9-10-23(13-17(16)12-18)21(24)15(3)26-20-8-5-14(2)11-19(20)22/h5-8,11-12,15H,4,9-10,13H2,1-3H3. The van der Waals surface area contributed by atoms with Gasteiger partial charge >= 0.3 is 0 Å². The van der Waals surface area contributed by atoms with Crippen LogP contribution in [0.2, 0.25) is 0 Å². The Bertz CT molecular complexity index is 806. The zero-order chi connectivity index (χ0) is 18.7. The number of amides is 1. The summed E-state index contributed by atoms with van der Waals surface area (Å²) in [6, 6.07) is 12.0. The van der Waals surface area contributed by atoms with E-state index >= 15 is 0 Å². The minimum atomic E-state index is -0.536. The molecule has 1 aliphatic heterocycles. The lowest BCUT2D eigenvalue weighted by molar-refractivity contribution is -0.138. The lowest BCUT2D eigenvalue weighted by Gasteiger charge is -2.31. The smallest absolute Gasteiger partial charge is 0.263 e. The van der Waals surface area contributed by atoms with Gasteiger partial charge in [0, 0.05) is 13.1 Å². The van der Waals surface area contributed by atoms with Crippen molar-refractivity contribution >= 4 is 21.8 Å². The molecule has 0 saturated carbocycles. The van der Waals surface area contributed by atoms with Gasteiger partial charge in [-0.15, -0.1) is 0 Å². The van der Waals surface area contributed by atoms with Crippen LogP contribution in [0.3, 0.4) is 0 Å². The number of aryl methyl sites for hydroxylation is 1. The highest BCUT2D eigenvalue weighted by atomic mass is 79.9. The second kappa shape index (κ2) is 8.12. The minimum Gasteiger partial charge on any atom is -0.494 e. The quantitative estimate of drug-likeness (QED) is 0.718. The Labute approximate surface area is 163 Å². The fourth-order valence-electron chi connectivity index (χ4n) is 3.18. The van der Waals surface area contributed by atoms with Crippen LogP contribution >= 0.6 is 15.9 Å². The summed E-state index contributed by atoms with van der Waals surface area (Å²) >= 11 is 3.50. The van der Waals surface area contributed by atoms with E-state index in [4.69, 9.17) is 9.47 Å². The van der Waals surface area contributed by atoms with Crippen LogP contribution in [0.15, 0.2) is 40.9 Å². The van der Waals surface area contributed by atoms with Gasteiger partial charge in [0.1, 0.15) is 11.5 Å². The van der Waals surface area contributed by atoms with E-state index in [0.29, 0.717) is 25.4 Å². The summed E-state index contributed by atoms with van der Waals surface area (Å²) in [4.78, 5) is 14.7. The molecule has 5 heteroatoms. The molecule has 0 radical (unpaired) electrons. The van der Waals surface area contributed by atoms with E-state index in [1.807, 2.05) is 49.1 Å². The van der Waals surface area contributed by atoms with E-state index in [-0.39, 0.29) is 5.91 Å². The number of hydrogen-bond donors (Lipinski definition) is 0. The van der Waals surface area contributed by atoms with Gasteiger partial charge in [-0.3, -0.25) is 4.79 Å². The molecule has 1 aliphatic rings. The second-order valence-corrected chi connectivity index (χ2v) is 7.42. The van der Waals surface area contributed by atoms with E-state index in [1.54, 1.807) is 6.92 Å². The largest absolute Gasteiger partial charge is 0.494 e. The first kappa shape index (κ1) is 18.8. The van der Waals surface area contributed by atoms with Crippen LogP contribution in [-0.4, -0.2) is 30.1 Å². The Balaban J connectivity index is 1.69. The molecule has 0 N–H and O–H groups in total. The van der Waals surface area contributed by atoms with Crippen molar-refractivity contribution < 1.29 is 14.3 Å². The lowest BCUT2D eigenvalue weighted by Crippen LogP contribution is -2.43. The molecule has 0 bridgehead atoms. The molecule has 4 nitrogen and oxygen atoms in total. The first-order chi connectivity index (χ1) is 12.5. The molecule has 1 heterocycles. The average Bonchev–Trinajstić information content (AvgIpc) is 2.63. The van der Waals surface area contributed by atoms with Crippen LogP contribution in [0.1, 0.15) is 30.5 Å². The molecule has 138 valence electrons. The number of carbonyl (C=O) groups is 1. The molecule has 3 rings (SSSR count). The van der Waals surface area contributed by atoms with Gasteiger partial charge in [-0.25, -0.2) is 0 Å². The summed E-state index contributed by atoms with van der Waals surface area (Å²) in [7, 11) is 0. The molecule has 0 fully saturated rings. The van der Waals surface area contributed by atoms with E-state index in [1.165, 1.54) is 5.56 Å². The molecule has 0 aromatic heterocycles. The number of ether oxygens (including phenoxy) is 2. The number of hydrogen-bond acceptors (Lipinski definition) is 3. The van der Waals surface area contributed by atoms with Crippen molar-refractivity contribution in [3.8, 4) is 11.5 Å². The van der Waals surface area contributed by atoms with Gasteiger partial charge < -0.3 is 14.4 Å². The normalized spacial score (nSPS) is 14.5. The molecule has 0 saturated heterocycles. The molecule has 26 heavy (non-hydrogen) atoms. The molecular weight excluding hydrogens is 394 g/mol. The van der Waals surface area contributed by atoms with Crippen molar-refractivity contribution in [2.75, 3.05) is 13.2 Å². The molecule has 2 aromatic carbocycles. The zero-order valence-corrected chi connectivity index (χ0v) is 17.0. The van der Waals surface area contributed by atoms with Crippen molar-refractivity contribution in [3.05, 3.63) is 57.6 Å². The van der Waals surface area contributed by atoms with Crippen LogP contribution < -0.4 is 9.47 Å². The van der Waals surface area contributed by atoms with Gasteiger partial charge in [-0.2, -0.15) is 0 Å². The Morgan fingerprint density at radius 1 is 1.23 bits per heavy atom. The highest BCUT2D eigenvalue weighted by Gasteiger charge is 2.26. The second-order valence-electron chi connectivity index (χ2n) is 6.57. The first-order valence-corrected chi connectivity index (χ1v) is 9.73. The van der Waals surface area contributed by atoms with E-state index < -0.39 is 6.10 Å². The van der Waals surface area contributed by atoms with Crippen molar-refractivity contribution in [1.82, 2.24) is 4.90 Å². The maximum atomic E-state index is 12.9. The maximum Gasteiger partial charge on any atom is 0.263 e. The monoisotopic (exact) mass is 417 g/mol. The molecule has 1 unspecified atom stereocenters. The number of carbonyl (C=O) groups excluding carboxylic acids is 1. The Morgan fingerprint density at radius 3 is 2.77 bits per heavy atom. The predicted octanol–water partition coefficient (Wildman–Crippen LogP) is 4.51. The molecule has 0 aliphatic carbocycles. The molecule has 1 atom stereocenters. The SMILES string of the molecule is CCOc1ccc2c(c1)CN(C(=O)C(C)Oc1ccc(C)cc1Br)CC2. The molecular formula is C21H24BrNO3. The first-order valence-electron chi connectivity index (χ1n) is 8.94. The Kier molecular flexibility index (Phi) is 5.87. The number of fused-ring (bicyclic) bond motifs is 1. The fourth-order valence-corrected chi connectivity index (χ4v) is 3.76. The number of benzene rings is 2. The van der Waals surface area contributed by atoms with Crippen LogP contribution in [0.4, 0.5) is 0 Å². The predicted molar refractivity (Wildman–Crippen MR) is 106 cm³/mol. The number of nitrogens with zero attached hydrogens (tertiary/aromatic N) is 1. The average molecular weight is 418 g/mol. The van der Waals surface area contributed by atoms with Gasteiger partial charge in [-0.05, 0) is 84.1 Å². The molecule has 1 amide bonds. The summed E-state index contributed by atoms with van der Waals surface area (Å²) in [5.74, 6) is 1.55. The maximum absolute atomic E-state index is 12.9. The molecule has 0 spiro atoms. The summed E-state index contributed by atoms with van der Waals surface area (Å²) in [5, 5.41) is 0. The van der Waals surface area contributed by atoms with Crippen molar-refractivity contribution in [2.45, 2.75) is 39.8 Å². The number of halogens is 1.